The number of hydrogen-bond acceptors (Lipinski definition) is 3. The summed E-state index contributed by atoms with van der Waals surface area (Å²) in [7, 11) is -3.83. The second-order valence-corrected chi connectivity index (χ2v) is 7.44. The molecule has 2 aromatic rings. The number of rotatable bonds is 4. The predicted octanol–water partition coefficient (Wildman–Crippen LogP) is 4.41. The second-order valence-electron chi connectivity index (χ2n) is 4.56. The average molecular weight is 394 g/mol. The molecule has 0 bridgehead atoms. The molecule has 0 aliphatic carbocycles. The van der Waals surface area contributed by atoms with Crippen LogP contribution in [0, 0.1) is 0 Å². The van der Waals surface area contributed by atoms with E-state index < -0.39 is 10.0 Å². The molecule has 0 fully saturated rings. The SMILES string of the molecule is CC(=O)Nc1ccc(S(=O)(=O)Nc2cc(Cl)c(Cl)c(Cl)c2)cc1. The Bertz CT molecular complexity index is 829. The summed E-state index contributed by atoms with van der Waals surface area (Å²) >= 11 is 17.6. The van der Waals surface area contributed by atoms with Crippen LogP contribution in [0.3, 0.4) is 0 Å². The van der Waals surface area contributed by atoms with Crippen LogP contribution in [0.4, 0.5) is 11.4 Å². The van der Waals surface area contributed by atoms with Gasteiger partial charge in [0.1, 0.15) is 0 Å². The zero-order valence-electron chi connectivity index (χ0n) is 11.7. The number of benzene rings is 2. The highest BCUT2D eigenvalue weighted by Crippen LogP contribution is 2.33. The van der Waals surface area contributed by atoms with Gasteiger partial charge in [0, 0.05) is 12.6 Å². The Kier molecular flexibility index (Phi) is 5.41. The molecule has 0 radical (unpaired) electrons. The Labute approximate surface area is 148 Å². The highest BCUT2D eigenvalue weighted by molar-refractivity contribution is 7.92. The van der Waals surface area contributed by atoms with E-state index in [0.29, 0.717) is 5.69 Å². The molecule has 0 aromatic heterocycles. The largest absolute Gasteiger partial charge is 0.326 e. The van der Waals surface area contributed by atoms with Crippen molar-refractivity contribution in [3.05, 3.63) is 51.5 Å². The Morgan fingerprint density at radius 2 is 1.48 bits per heavy atom. The maximum absolute atomic E-state index is 12.3. The number of sulfonamides is 1. The first-order valence-electron chi connectivity index (χ1n) is 6.24. The van der Waals surface area contributed by atoms with Gasteiger partial charge in [0.05, 0.1) is 25.7 Å². The van der Waals surface area contributed by atoms with Crippen molar-refractivity contribution >= 4 is 62.1 Å². The summed E-state index contributed by atoms with van der Waals surface area (Å²) in [6, 6.07) is 8.42. The first kappa shape index (κ1) is 17.9. The second kappa shape index (κ2) is 6.97. The van der Waals surface area contributed by atoms with Crippen LogP contribution < -0.4 is 10.0 Å². The summed E-state index contributed by atoms with van der Waals surface area (Å²) in [6.07, 6.45) is 0. The zero-order valence-corrected chi connectivity index (χ0v) is 14.8. The molecule has 23 heavy (non-hydrogen) atoms. The van der Waals surface area contributed by atoms with Gasteiger partial charge in [-0.2, -0.15) is 0 Å². The van der Waals surface area contributed by atoms with Crippen LogP contribution in [0.1, 0.15) is 6.92 Å². The number of hydrogen-bond donors (Lipinski definition) is 2. The van der Waals surface area contributed by atoms with Crippen molar-refractivity contribution in [2.75, 3.05) is 10.0 Å². The molecule has 0 aliphatic rings. The Hall–Kier alpha value is -1.47. The third-order valence-corrected chi connectivity index (χ3v) is 5.32. The number of nitrogens with one attached hydrogen (secondary N) is 2. The number of carbonyl (C=O) groups is 1. The van der Waals surface area contributed by atoms with E-state index in [-0.39, 0.29) is 31.6 Å². The van der Waals surface area contributed by atoms with E-state index in [1.807, 2.05) is 0 Å². The fraction of sp³-hybridized carbons (Fsp3) is 0.0714. The summed E-state index contributed by atoms with van der Waals surface area (Å²) in [6.45, 7) is 1.36. The molecule has 122 valence electrons. The van der Waals surface area contributed by atoms with Gasteiger partial charge in [-0.3, -0.25) is 9.52 Å². The van der Waals surface area contributed by atoms with E-state index in [9.17, 15) is 13.2 Å². The number of carbonyl (C=O) groups excluding carboxylic acids is 1. The van der Waals surface area contributed by atoms with E-state index in [1.54, 1.807) is 0 Å². The van der Waals surface area contributed by atoms with Crippen molar-refractivity contribution < 1.29 is 13.2 Å². The van der Waals surface area contributed by atoms with E-state index in [2.05, 4.69) is 10.0 Å². The van der Waals surface area contributed by atoms with Gasteiger partial charge in [0.15, 0.2) is 0 Å². The molecular weight excluding hydrogens is 383 g/mol. The molecule has 0 saturated heterocycles. The first-order valence-corrected chi connectivity index (χ1v) is 8.86. The van der Waals surface area contributed by atoms with Crippen LogP contribution in [0.25, 0.3) is 0 Å². The topological polar surface area (TPSA) is 75.3 Å². The molecule has 2 rings (SSSR count). The first-order chi connectivity index (χ1) is 10.7. The van der Waals surface area contributed by atoms with Gasteiger partial charge in [-0.05, 0) is 36.4 Å². The molecule has 0 heterocycles. The molecule has 2 aromatic carbocycles. The monoisotopic (exact) mass is 392 g/mol. The molecule has 1 amide bonds. The summed E-state index contributed by atoms with van der Waals surface area (Å²) in [5, 5.41) is 2.97. The van der Waals surface area contributed by atoms with E-state index in [4.69, 9.17) is 34.8 Å². The highest BCUT2D eigenvalue weighted by atomic mass is 35.5. The molecule has 0 aliphatic heterocycles. The third kappa shape index (κ3) is 4.51. The van der Waals surface area contributed by atoms with Crippen LogP contribution >= 0.6 is 34.8 Å². The zero-order chi connectivity index (χ0) is 17.2. The van der Waals surface area contributed by atoms with Crippen LogP contribution in [-0.4, -0.2) is 14.3 Å². The average Bonchev–Trinajstić information content (AvgIpc) is 2.44. The highest BCUT2D eigenvalue weighted by Gasteiger charge is 2.16. The number of anilines is 2. The lowest BCUT2D eigenvalue weighted by Crippen LogP contribution is -2.13. The molecular formula is C14H11Cl3N2O3S. The van der Waals surface area contributed by atoms with Gasteiger partial charge in [-0.1, -0.05) is 34.8 Å². The predicted molar refractivity (Wildman–Crippen MR) is 93.0 cm³/mol. The smallest absolute Gasteiger partial charge is 0.261 e. The van der Waals surface area contributed by atoms with Crippen molar-refractivity contribution in [3.8, 4) is 0 Å². The minimum atomic E-state index is -3.83. The molecule has 9 heteroatoms. The van der Waals surface area contributed by atoms with Crippen molar-refractivity contribution in [2.45, 2.75) is 11.8 Å². The van der Waals surface area contributed by atoms with Gasteiger partial charge >= 0.3 is 0 Å². The van der Waals surface area contributed by atoms with Gasteiger partial charge in [-0.15, -0.1) is 0 Å². The lowest BCUT2D eigenvalue weighted by atomic mass is 10.3. The molecule has 0 atom stereocenters. The standard InChI is InChI=1S/C14H11Cl3N2O3S/c1-8(20)18-9-2-4-11(5-3-9)23(21,22)19-10-6-12(15)14(17)13(16)7-10/h2-7,19H,1H3,(H,18,20). The number of halogens is 3. The van der Waals surface area contributed by atoms with Crippen LogP contribution in [-0.2, 0) is 14.8 Å². The fourth-order valence-corrected chi connectivity index (χ4v) is 3.39. The van der Waals surface area contributed by atoms with Crippen molar-refractivity contribution in [1.29, 1.82) is 0 Å². The molecule has 0 spiro atoms. The molecule has 2 N–H and O–H groups in total. The van der Waals surface area contributed by atoms with Crippen molar-refractivity contribution in [2.24, 2.45) is 0 Å². The van der Waals surface area contributed by atoms with E-state index in [1.165, 1.54) is 43.3 Å². The van der Waals surface area contributed by atoms with Crippen molar-refractivity contribution in [3.63, 3.8) is 0 Å². The lowest BCUT2D eigenvalue weighted by Gasteiger charge is -2.10. The van der Waals surface area contributed by atoms with Crippen LogP contribution in [0.15, 0.2) is 41.3 Å². The Morgan fingerprint density at radius 1 is 0.957 bits per heavy atom. The minimum absolute atomic E-state index is 0.0220. The number of amides is 1. The quantitative estimate of drug-likeness (QED) is 0.756. The lowest BCUT2D eigenvalue weighted by molar-refractivity contribution is -0.114. The van der Waals surface area contributed by atoms with Crippen molar-refractivity contribution in [1.82, 2.24) is 0 Å². The van der Waals surface area contributed by atoms with Gasteiger partial charge in [-0.25, -0.2) is 8.42 Å². The minimum Gasteiger partial charge on any atom is -0.326 e. The maximum Gasteiger partial charge on any atom is 0.261 e. The molecule has 0 unspecified atom stereocenters. The van der Waals surface area contributed by atoms with Gasteiger partial charge in [0.2, 0.25) is 5.91 Å². The fourth-order valence-electron chi connectivity index (χ4n) is 1.75. The van der Waals surface area contributed by atoms with Gasteiger partial charge in [0.25, 0.3) is 10.0 Å². The third-order valence-electron chi connectivity index (χ3n) is 2.72. The summed E-state index contributed by atoms with van der Waals surface area (Å²) < 4.78 is 27.0. The Balaban J connectivity index is 2.27. The van der Waals surface area contributed by atoms with Crippen LogP contribution in [0.2, 0.25) is 15.1 Å². The summed E-state index contributed by atoms with van der Waals surface area (Å²) in [4.78, 5) is 11.0. The summed E-state index contributed by atoms with van der Waals surface area (Å²) in [5.41, 5.74) is 0.685. The molecule has 5 nitrogen and oxygen atoms in total. The Morgan fingerprint density at radius 3 is 1.96 bits per heavy atom. The van der Waals surface area contributed by atoms with Gasteiger partial charge < -0.3 is 5.32 Å². The normalized spacial score (nSPS) is 11.1. The maximum atomic E-state index is 12.3. The van der Waals surface area contributed by atoms with E-state index in [0.717, 1.165) is 0 Å². The van der Waals surface area contributed by atoms with Crippen LogP contribution in [0.5, 0.6) is 0 Å². The molecule has 0 saturated carbocycles. The van der Waals surface area contributed by atoms with E-state index >= 15 is 0 Å². The summed E-state index contributed by atoms with van der Waals surface area (Å²) in [5.74, 6) is -0.246.